The van der Waals surface area contributed by atoms with Gasteiger partial charge in [-0.3, -0.25) is 10.2 Å². The largest absolute Gasteiger partial charge is 0.464 e. The molecule has 0 fully saturated rings. The lowest BCUT2D eigenvalue weighted by Crippen LogP contribution is -2.49. The highest BCUT2D eigenvalue weighted by molar-refractivity contribution is 5.87. The van der Waals surface area contributed by atoms with Crippen molar-refractivity contribution in [2.24, 2.45) is 17.6 Å². The van der Waals surface area contributed by atoms with E-state index >= 15 is 0 Å². The zero-order valence-corrected chi connectivity index (χ0v) is 16.9. The molecule has 8 nitrogen and oxygen atoms in total. The smallest absolute Gasteiger partial charge is 0.328 e. The Morgan fingerprint density at radius 3 is 2.31 bits per heavy atom. The third-order valence-electron chi connectivity index (χ3n) is 3.83. The van der Waals surface area contributed by atoms with Crippen LogP contribution in [0.1, 0.15) is 53.4 Å². The lowest BCUT2D eigenvalue weighted by molar-refractivity contribution is -0.148. The van der Waals surface area contributed by atoms with Crippen molar-refractivity contribution >= 4 is 17.8 Å². The van der Waals surface area contributed by atoms with Crippen LogP contribution in [0.25, 0.3) is 0 Å². The molecule has 0 aliphatic heterocycles. The van der Waals surface area contributed by atoms with E-state index in [4.69, 9.17) is 15.9 Å². The molecule has 2 atom stereocenters. The van der Waals surface area contributed by atoms with Gasteiger partial charge in [0.05, 0.1) is 12.6 Å². The molecule has 0 bridgehead atoms. The van der Waals surface area contributed by atoms with E-state index < -0.39 is 18.1 Å². The molecular weight excluding hydrogens is 334 g/mol. The predicted molar refractivity (Wildman–Crippen MR) is 104 cm³/mol. The SMILES string of the molecule is CNC(=N)NCCC[C@@H](N)C(=O)N[C@@H](CC(C)C)C(=O)OCCC(C)C. The number of carbonyl (C=O) groups excluding carboxylic acids is 2. The van der Waals surface area contributed by atoms with Gasteiger partial charge in [0.25, 0.3) is 0 Å². The van der Waals surface area contributed by atoms with Crippen molar-refractivity contribution < 1.29 is 14.3 Å². The fraction of sp³-hybridized carbons (Fsp3) is 0.833. The summed E-state index contributed by atoms with van der Waals surface area (Å²) in [6.07, 6.45) is 2.42. The maximum absolute atomic E-state index is 12.3. The number of nitrogens with two attached hydrogens (primary N) is 1. The molecule has 6 N–H and O–H groups in total. The van der Waals surface area contributed by atoms with Crippen molar-refractivity contribution in [1.82, 2.24) is 16.0 Å². The fourth-order valence-electron chi connectivity index (χ4n) is 2.21. The number of esters is 1. The lowest BCUT2D eigenvalue weighted by atomic mass is 10.0. The van der Waals surface area contributed by atoms with E-state index in [1.54, 1.807) is 7.05 Å². The number of guanidine groups is 1. The van der Waals surface area contributed by atoms with Crippen molar-refractivity contribution in [2.75, 3.05) is 20.2 Å². The second kappa shape index (κ2) is 13.4. The van der Waals surface area contributed by atoms with Crippen LogP contribution in [-0.2, 0) is 14.3 Å². The van der Waals surface area contributed by atoms with Crippen LogP contribution in [-0.4, -0.2) is 50.1 Å². The highest BCUT2D eigenvalue weighted by atomic mass is 16.5. The zero-order valence-electron chi connectivity index (χ0n) is 16.9. The third kappa shape index (κ3) is 11.7. The Labute approximate surface area is 157 Å². The molecule has 0 heterocycles. The van der Waals surface area contributed by atoms with Crippen LogP contribution in [0, 0.1) is 17.2 Å². The summed E-state index contributed by atoms with van der Waals surface area (Å²) in [6, 6.07) is -1.37. The summed E-state index contributed by atoms with van der Waals surface area (Å²) in [6.45, 7) is 9.01. The topological polar surface area (TPSA) is 129 Å². The molecule has 0 saturated heterocycles. The fourth-order valence-corrected chi connectivity index (χ4v) is 2.21. The summed E-state index contributed by atoms with van der Waals surface area (Å²) in [5.74, 6) is 0.173. The van der Waals surface area contributed by atoms with Crippen molar-refractivity contribution in [3.05, 3.63) is 0 Å². The van der Waals surface area contributed by atoms with E-state index in [-0.39, 0.29) is 17.8 Å². The number of nitrogens with one attached hydrogen (secondary N) is 4. The monoisotopic (exact) mass is 371 g/mol. The van der Waals surface area contributed by atoms with Crippen LogP contribution < -0.4 is 21.7 Å². The van der Waals surface area contributed by atoms with Gasteiger partial charge in [-0.2, -0.15) is 0 Å². The molecule has 0 spiro atoms. The van der Waals surface area contributed by atoms with E-state index in [9.17, 15) is 9.59 Å². The molecule has 1 amide bonds. The Morgan fingerprint density at radius 1 is 1.12 bits per heavy atom. The summed E-state index contributed by atoms with van der Waals surface area (Å²) >= 11 is 0. The van der Waals surface area contributed by atoms with Crippen molar-refractivity contribution in [2.45, 2.75) is 65.5 Å². The normalized spacial score (nSPS) is 13.2. The molecule has 0 saturated carbocycles. The maximum Gasteiger partial charge on any atom is 0.328 e. The molecule has 0 aliphatic rings. The third-order valence-corrected chi connectivity index (χ3v) is 3.83. The summed E-state index contributed by atoms with van der Waals surface area (Å²) in [4.78, 5) is 24.6. The summed E-state index contributed by atoms with van der Waals surface area (Å²) in [7, 11) is 1.66. The molecule has 152 valence electrons. The van der Waals surface area contributed by atoms with Crippen molar-refractivity contribution in [3.63, 3.8) is 0 Å². The molecule has 0 radical (unpaired) electrons. The minimum Gasteiger partial charge on any atom is -0.464 e. The van der Waals surface area contributed by atoms with Crippen LogP contribution in [0.3, 0.4) is 0 Å². The number of amides is 1. The summed E-state index contributed by atoms with van der Waals surface area (Å²) in [5.41, 5.74) is 5.92. The van der Waals surface area contributed by atoms with Gasteiger partial charge >= 0.3 is 5.97 Å². The van der Waals surface area contributed by atoms with E-state index in [1.807, 2.05) is 13.8 Å². The van der Waals surface area contributed by atoms with Crippen LogP contribution >= 0.6 is 0 Å². The first-order valence-electron chi connectivity index (χ1n) is 9.40. The first-order chi connectivity index (χ1) is 12.2. The van der Waals surface area contributed by atoms with Gasteiger partial charge in [0, 0.05) is 13.6 Å². The van der Waals surface area contributed by atoms with Crippen LogP contribution in [0.15, 0.2) is 0 Å². The van der Waals surface area contributed by atoms with Crippen molar-refractivity contribution in [3.8, 4) is 0 Å². The lowest BCUT2D eigenvalue weighted by Gasteiger charge is -2.21. The van der Waals surface area contributed by atoms with Gasteiger partial charge in [0.15, 0.2) is 5.96 Å². The average Bonchev–Trinajstić information content (AvgIpc) is 2.56. The number of hydrogen-bond acceptors (Lipinski definition) is 5. The van der Waals surface area contributed by atoms with Crippen LogP contribution in [0.2, 0.25) is 0 Å². The highest BCUT2D eigenvalue weighted by Gasteiger charge is 2.25. The van der Waals surface area contributed by atoms with E-state index in [2.05, 4.69) is 29.8 Å². The molecule has 0 rings (SSSR count). The number of ether oxygens (including phenoxy) is 1. The molecule has 0 aliphatic carbocycles. The highest BCUT2D eigenvalue weighted by Crippen LogP contribution is 2.08. The van der Waals surface area contributed by atoms with E-state index in [1.165, 1.54) is 0 Å². The van der Waals surface area contributed by atoms with Crippen LogP contribution in [0.4, 0.5) is 0 Å². The number of rotatable bonds is 12. The van der Waals surface area contributed by atoms with E-state index in [0.717, 1.165) is 6.42 Å². The van der Waals surface area contributed by atoms with Gasteiger partial charge in [-0.1, -0.05) is 27.7 Å². The van der Waals surface area contributed by atoms with Gasteiger partial charge in [0.1, 0.15) is 6.04 Å². The van der Waals surface area contributed by atoms with Gasteiger partial charge in [-0.05, 0) is 37.5 Å². The molecule has 0 aromatic carbocycles. The first-order valence-corrected chi connectivity index (χ1v) is 9.40. The summed E-state index contributed by atoms with van der Waals surface area (Å²) in [5, 5.41) is 15.7. The second-order valence-electron chi connectivity index (χ2n) is 7.34. The quantitative estimate of drug-likeness (QED) is 0.150. The van der Waals surface area contributed by atoms with Gasteiger partial charge in [0.2, 0.25) is 5.91 Å². The first kappa shape index (κ1) is 24.2. The number of hydrogen-bond donors (Lipinski definition) is 5. The number of carbonyl (C=O) groups is 2. The Morgan fingerprint density at radius 2 is 1.77 bits per heavy atom. The second-order valence-corrected chi connectivity index (χ2v) is 7.34. The van der Waals surface area contributed by atoms with Gasteiger partial charge < -0.3 is 26.4 Å². The van der Waals surface area contributed by atoms with E-state index in [0.29, 0.717) is 38.3 Å². The maximum atomic E-state index is 12.3. The van der Waals surface area contributed by atoms with Crippen LogP contribution in [0.5, 0.6) is 0 Å². The van der Waals surface area contributed by atoms with Gasteiger partial charge in [-0.15, -0.1) is 0 Å². The predicted octanol–water partition coefficient (Wildman–Crippen LogP) is 0.958. The molecular formula is C18H37N5O3. The Hall–Kier alpha value is -1.83. The minimum atomic E-state index is -0.696. The molecule has 26 heavy (non-hydrogen) atoms. The average molecular weight is 372 g/mol. The zero-order chi connectivity index (χ0) is 20.1. The summed E-state index contributed by atoms with van der Waals surface area (Å²) < 4.78 is 5.30. The Kier molecular flexibility index (Phi) is 12.4. The van der Waals surface area contributed by atoms with Crippen molar-refractivity contribution in [1.29, 1.82) is 5.41 Å². The minimum absolute atomic E-state index is 0.226. The molecule has 8 heteroatoms. The molecule has 0 unspecified atom stereocenters. The standard InChI is InChI=1S/C18H37N5O3/c1-12(2)8-10-26-17(25)15(11-13(3)4)23-16(24)14(19)7-6-9-22-18(20)21-5/h12-15H,6-11,19H2,1-5H3,(H,23,24)(H3,20,21,22)/t14-,15+/m1/s1. The Bertz CT molecular complexity index is 441. The molecule has 0 aromatic rings. The Balaban J connectivity index is 4.42. The molecule has 0 aromatic heterocycles. The van der Waals surface area contributed by atoms with Gasteiger partial charge in [-0.25, -0.2) is 4.79 Å².